The van der Waals surface area contributed by atoms with Gasteiger partial charge in [0, 0.05) is 55.3 Å². The summed E-state index contributed by atoms with van der Waals surface area (Å²) in [5.74, 6) is 1.44. The first-order chi connectivity index (χ1) is 16.7. The number of aryl methyl sites for hydroxylation is 1. The number of nitrogens with one attached hydrogen (secondary N) is 2. The third-order valence-corrected chi connectivity index (χ3v) is 5.53. The van der Waals surface area contributed by atoms with E-state index in [1.807, 2.05) is 49.0 Å². The number of hydrogen-bond donors (Lipinski definition) is 3. The van der Waals surface area contributed by atoms with Crippen LogP contribution in [0.15, 0.2) is 49.1 Å². The molecule has 0 aliphatic rings. The highest BCUT2D eigenvalue weighted by Gasteiger charge is 2.18. The topological polar surface area (TPSA) is 127 Å². The Labute approximate surface area is 196 Å². The Morgan fingerprint density at radius 1 is 1.21 bits per heavy atom. The number of ether oxygens (including phenoxy) is 1. The summed E-state index contributed by atoms with van der Waals surface area (Å²) in [6, 6.07) is 7.72. The van der Waals surface area contributed by atoms with Crippen LogP contribution in [-0.2, 0) is 6.54 Å². The summed E-state index contributed by atoms with van der Waals surface area (Å²) < 4.78 is 8.13. The Hall–Kier alpha value is -4.05. The van der Waals surface area contributed by atoms with Gasteiger partial charge in [-0.05, 0) is 38.5 Å². The minimum Gasteiger partial charge on any atom is -0.484 e. The highest BCUT2D eigenvalue weighted by Crippen LogP contribution is 2.32. The number of benzene rings is 1. The molecule has 4 heterocycles. The molecule has 0 aliphatic carbocycles. The second kappa shape index (κ2) is 9.44. The van der Waals surface area contributed by atoms with Crippen molar-refractivity contribution in [2.45, 2.75) is 32.9 Å². The molecule has 1 atom stereocenters. The van der Waals surface area contributed by atoms with Gasteiger partial charge in [-0.1, -0.05) is 0 Å². The van der Waals surface area contributed by atoms with Crippen molar-refractivity contribution in [1.82, 2.24) is 34.9 Å². The largest absolute Gasteiger partial charge is 0.484 e. The lowest BCUT2D eigenvalue weighted by Gasteiger charge is -2.17. The average Bonchev–Trinajstić information content (AvgIpc) is 3.49. The van der Waals surface area contributed by atoms with Crippen LogP contribution in [0, 0.1) is 0 Å². The van der Waals surface area contributed by atoms with E-state index in [4.69, 9.17) is 14.8 Å². The summed E-state index contributed by atoms with van der Waals surface area (Å²) in [4.78, 5) is 13.7. The van der Waals surface area contributed by atoms with Gasteiger partial charge in [-0.2, -0.15) is 10.2 Å². The van der Waals surface area contributed by atoms with Crippen LogP contribution in [0.3, 0.4) is 0 Å². The molecule has 5 aromatic rings. The van der Waals surface area contributed by atoms with Gasteiger partial charge in [0.1, 0.15) is 34.6 Å². The summed E-state index contributed by atoms with van der Waals surface area (Å²) >= 11 is 0. The number of nitrogens with zero attached hydrogens (tertiary/aromatic N) is 6. The maximum absolute atomic E-state index is 9.06. The van der Waals surface area contributed by atoms with Crippen LogP contribution in [0.5, 0.6) is 5.75 Å². The molecular weight excluding hydrogens is 432 g/mol. The zero-order chi connectivity index (χ0) is 23.5. The second-order valence-electron chi connectivity index (χ2n) is 7.96. The lowest BCUT2D eigenvalue weighted by Crippen LogP contribution is -2.10. The molecule has 1 unspecified atom stereocenters. The second-order valence-corrected chi connectivity index (χ2v) is 7.96. The Morgan fingerprint density at radius 3 is 2.94 bits per heavy atom. The number of aromatic nitrogens is 7. The number of rotatable bonds is 9. The van der Waals surface area contributed by atoms with E-state index in [0.717, 1.165) is 51.3 Å². The van der Waals surface area contributed by atoms with Crippen molar-refractivity contribution in [1.29, 1.82) is 0 Å². The zero-order valence-electron chi connectivity index (χ0n) is 19.1. The van der Waals surface area contributed by atoms with E-state index in [9.17, 15) is 0 Å². The Morgan fingerprint density at radius 2 is 2.09 bits per heavy atom. The quantitative estimate of drug-likeness (QED) is 0.305. The number of aliphatic hydroxyl groups excluding tert-OH is 1. The third kappa shape index (κ3) is 4.27. The van der Waals surface area contributed by atoms with E-state index >= 15 is 0 Å². The molecule has 0 saturated heterocycles. The number of hydrogen-bond acceptors (Lipinski definition) is 8. The van der Waals surface area contributed by atoms with E-state index in [1.165, 1.54) is 0 Å². The SMILES string of the molecule is CCNc1cc2nccnc2c(C(C)Oc2ccc3[nH]nc(-c4cnn(CCCO)c4)c3c2)n1. The predicted octanol–water partition coefficient (Wildman–Crippen LogP) is 3.72. The van der Waals surface area contributed by atoms with Gasteiger partial charge in [0.2, 0.25) is 0 Å². The minimum absolute atomic E-state index is 0.132. The lowest BCUT2D eigenvalue weighted by atomic mass is 10.1. The third-order valence-electron chi connectivity index (χ3n) is 5.53. The average molecular weight is 459 g/mol. The van der Waals surface area contributed by atoms with E-state index in [-0.39, 0.29) is 12.7 Å². The van der Waals surface area contributed by atoms with Crippen molar-refractivity contribution in [2.75, 3.05) is 18.5 Å². The maximum Gasteiger partial charge on any atom is 0.140 e. The number of aromatic amines is 1. The van der Waals surface area contributed by atoms with E-state index in [2.05, 4.69) is 30.6 Å². The molecule has 0 bridgehead atoms. The monoisotopic (exact) mass is 458 g/mol. The van der Waals surface area contributed by atoms with E-state index in [1.54, 1.807) is 18.6 Å². The standard InChI is InChI=1S/C24H26N8O2/c1-3-25-21-12-20-24(27-8-7-26-20)22(29-21)15(2)34-17-5-6-19-18(11-17)23(31-30-19)16-13-28-32(14-16)9-4-10-33/h5-8,11-15,33H,3-4,9-10H2,1-2H3,(H,25,29)(H,30,31). The van der Waals surface area contributed by atoms with Crippen molar-refractivity contribution in [3.8, 4) is 17.0 Å². The zero-order valence-corrected chi connectivity index (χ0v) is 19.1. The van der Waals surface area contributed by atoms with Gasteiger partial charge in [0.25, 0.3) is 0 Å². The van der Waals surface area contributed by atoms with Crippen molar-refractivity contribution in [2.24, 2.45) is 0 Å². The molecule has 5 rings (SSSR count). The lowest BCUT2D eigenvalue weighted by molar-refractivity contribution is 0.224. The van der Waals surface area contributed by atoms with Gasteiger partial charge >= 0.3 is 0 Å². The first-order valence-electron chi connectivity index (χ1n) is 11.3. The molecule has 0 radical (unpaired) electrons. The summed E-state index contributed by atoms with van der Waals surface area (Å²) in [6.45, 7) is 5.52. The molecule has 10 heteroatoms. The van der Waals surface area contributed by atoms with Gasteiger partial charge in [-0.25, -0.2) is 4.98 Å². The molecule has 174 valence electrons. The fourth-order valence-electron chi connectivity index (χ4n) is 3.94. The smallest absolute Gasteiger partial charge is 0.140 e. The fourth-order valence-corrected chi connectivity index (χ4v) is 3.94. The summed E-state index contributed by atoms with van der Waals surface area (Å²) in [5.41, 5.74) is 4.81. The number of pyridine rings is 1. The highest BCUT2D eigenvalue weighted by molar-refractivity contribution is 5.93. The number of H-pyrrole nitrogens is 1. The van der Waals surface area contributed by atoms with Gasteiger partial charge in [0.05, 0.1) is 17.2 Å². The molecule has 34 heavy (non-hydrogen) atoms. The normalized spacial score (nSPS) is 12.3. The van der Waals surface area contributed by atoms with Crippen LogP contribution in [0.1, 0.15) is 32.1 Å². The minimum atomic E-state index is -0.355. The molecule has 0 amide bonds. The molecule has 1 aromatic carbocycles. The molecule has 10 nitrogen and oxygen atoms in total. The van der Waals surface area contributed by atoms with Crippen LogP contribution in [0.4, 0.5) is 5.82 Å². The predicted molar refractivity (Wildman–Crippen MR) is 130 cm³/mol. The number of fused-ring (bicyclic) bond motifs is 2. The van der Waals surface area contributed by atoms with Crippen molar-refractivity contribution in [3.05, 3.63) is 54.7 Å². The summed E-state index contributed by atoms with van der Waals surface area (Å²) in [6.07, 6.45) is 7.35. The van der Waals surface area contributed by atoms with Crippen molar-refractivity contribution < 1.29 is 9.84 Å². The Bertz CT molecular complexity index is 1430. The summed E-state index contributed by atoms with van der Waals surface area (Å²) in [7, 11) is 0. The molecule has 0 spiro atoms. The van der Waals surface area contributed by atoms with E-state index in [0.29, 0.717) is 18.7 Å². The molecule has 3 N–H and O–H groups in total. The van der Waals surface area contributed by atoms with Gasteiger partial charge in [-0.15, -0.1) is 0 Å². The molecule has 0 aliphatic heterocycles. The van der Waals surface area contributed by atoms with Gasteiger partial charge in [0.15, 0.2) is 0 Å². The van der Waals surface area contributed by atoms with Crippen LogP contribution < -0.4 is 10.1 Å². The van der Waals surface area contributed by atoms with Gasteiger partial charge < -0.3 is 15.2 Å². The van der Waals surface area contributed by atoms with Crippen molar-refractivity contribution in [3.63, 3.8) is 0 Å². The Kier molecular flexibility index (Phi) is 6.05. The summed E-state index contributed by atoms with van der Waals surface area (Å²) in [5, 5.41) is 25.2. The molecule has 0 fully saturated rings. The van der Waals surface area contributed by atoms with Crippen LogP contribution in [0.25, 0.3) is 33.2 Å². The van der Waals surface area contributed by atoms with E-state index < -0.39 is 0 Å². The molecule has 4 aromatic heterocycles. The van der Waals surface area contributed by atoms with Crippen LogP contribution in [0.2, 0.25) is 0 Å². The number of aliphatic hydroxyl groups is 1. The maximum atomic E-state index is 9.06. The van der Waals surface area contributed by atoms with Crippen molar-refractivity contribution >= 4 is 27.8 Å². The van der Waals surface area contributed by atoms with Gasteiger partial charge in [-0.3, -0.25) is 19.7 Å². The van der Waals surface area contributed by atoms with Crippen LogP contribution >= 0.6 is 0 Å². The van der Waals surface area contributed by atoms with Crippen LogP contribution in [-0.4, -0.2) is 53.2 Å². The highest BCUT2D eigenvalue weighted by atomic mass is 16.5. The Balaban J connectivity index is 1.45. The fraction of sp³-hybridized carbons (Fsp3) is 0.292. The first kappa shape index (κ1) is 21.8. The molecular formula is C24H26N8O2. The first-order valence-corrected chi connectivity index (χ1v) is 11.3. The number of anilines is 1. The molecule has 0 saturated carbocycles.